The average molecular weight is 688 g/mol. The second-order valence-corrected chi connectivity index (χ2v) is 12.7. The molecule has 3 aromatic carbocycles. The third-order valence-corrected chi connectivity index (χ3v) is 8.20. The van der Waals surface area contributed by atoms with Crippen molar-refractivity contribution in [2.24, 2.45) is 0 Å². The van der Waals surface area contributed by atoms with E-state index in [1.54, 1.807) is 12.1 Å². The van der Waals surface area contributed by atoms with E-state index in [0.717, 1.165) is 22.0 Å². The number of nitrogens with one attached hydrogen (secondary N) is 1. The van der Waals surface area contributed by atoms with Crippen molar-refractivity contribution in [3.63, 3.8) is 0 Å². The first-order valence-electron chi connectivity index (χ1n) is 14.0. The Kier molecular flexibility index (Phi) is 38.5. The highest BCUT2D eigenvalue weighted by Gasteiger charge is 2.14. The number of rotatable bonds is 10. The predicted octanol–water partition coefficient (Wildman–Crippen LogP) is 8.56. The molecule has 272 valence electrons. The van der Waals surface area contributed by atoms with Crippen molar-refractivity contribution < 1.29 is 30.0 Å². The van der Waals surface area contributed by atoms with Gasteiger partial charge in [-0.3, -0.25) is 0 Å². The highest BCUT2D eigenvalue weighted by molar-refractivity contribution is 7.89. The molecule has 0 bridgehead atoms. The summed E-state index contributed by atoms with van der Waals surface area (Å²) >= 11 is 0. The van der Waals surface area contributed by atoms with Crippen molar-refractivity contribution in [2.45, 2.75) is 116 Å². The Morgan fingerprint density at radius 1 is 0.674 bits per heavy atom. The number of halogens is 1. The lowest BCUT2D eigenvalue weighted by Gasteiger charge is -2.20. The number of quaternary nitrogens is 1. The Morgan fingerprint density at radius 3 is 1.43 bits per heavy atom. The summed E-state index contributed by atoms with van der Waals surface area (Å²) in [5.74, 6) is 1.76. The molecule has 0 radical (unpaired) electrons. The molecule has 0 heterocycles. The van der Waals surface area contributed by atoms with E-state index in [9.17, 15) is 8.42 Å². The van der Waals surface area contributed by atoms with E-state index < -0.39 is 10.0 Å². The van der Waals surface area contributed by atoms with Crippen molar-refractivity contribution >= 4 is 10.0 Å². The summed E-state index contributed by atoms with van der Waals surface area (Å²) < 4.78 is 33.4. The minimum absolute atomic E-state index is 0. The maximum absolute atomic E-state index is 12.2. The van der Waals surface area contributed by atoms with Crippen LogP contribution in [0.1, 0.15) is 121 Å². The van der Waals surface area contributed by atoms with Crippen LogP contribution in [0, 0.1) is 6.92 Å². The number of benzene rings is 3. The number of aryl methyl sites for hydroxylation is 1. The molecule has 0 aliphatic heterocycles. The standard InChI is InChI=1S/C18H23NO3S.C10H14.C5H14N.6CH4.ClH/c1-4-15(3)16-7-11-18(12-8-16)23(20,21)19-13-22-17-9-5-14(2)6-10-17;1-3-9(2)10-7-5-4-6-8-10;1-5-6(2,3)4;;;;;;;/h5-12,15,19H,4,13H2,1-3H3;4-9H,3H2,1-2H3;5H2,1-4H3;6*1H4;1H/q;;+1;;;;;;;/p-1. The smallest absolute Gasteiger partial charge is 0.243 e. The molecule has 7 heteroatoms. The number of sulfonamides is 1. The maximum atomic E-state index is 12.2. The maximum Gasteiger partial charge on any atom is 0.243 e. The van der Waals surface area contributed by atoms with Crippen LogP contribution in [-0.4, -0.2) is 47.3 Å². The first-order chi connectivity index (χ1) is 18.3. The second-order valence-electron chi connectivity index (χ2n) is 11.0. The van der Waals surface area contributed by atoms with E-state index in [4.69, 9.17) is 4.74 Å². The first-order valence-corrected chi connectivity index (χ1v) is 15.5. The van der Waals surface area contributed by atoms with Gasteiger partial charge in [-0.15, -0.1) is 0 Å². The molecule has 0 aliphatic rings. The van der Waals surface area contributed by atoms with Crippen LogP contribution in [0.5, 0.6) is 5.75 Å². The molecule has 0 aliphatic carbocycles. The van der Waals surface area contributed by atoms with Crippen molar-refractivity contribution in [3.8, 4) is 5.75 Å². The van der Waals surface area contributed by atoms with E-state index in [0.29, 0.717) is 17.6 Å². The molecule has 2 unspecified atom stereocenters. The van der Waals surface area contributed by atoms with Crippen LogP contribution < -0.4 is 21.9 Å². The van der Waals surface area contributed by atoms with Gasteiger partial charge in [0.2, 0.25) is 10.0 Å². The van der Waals surface area contributed by atoms with Crippen molar-refractivity contribution in [1.29, 1.82) is 0 Å². The molecule has 3 rings (SSSR count). The topological polar surface area (TPSA) is 55.4 Å². The largest absolute Gasteiger partial charge is 1.00 e. The van der Waals surface area contributed by atoms with Gasteiger partial charge >= 0.3 is 0 Å². The number of nitrogens with zero attached hydrogens (tertiary/aromatic N) is 1. The molecule has 0 saturated heterocycles. The van der Waals surface area contributed by atoms with Crippen molar-refractivity contribution in [2.75, 3.05) is 34.4 Å². The van der Waals surface area contributed by atoms with Gasteiger partial charge in [0.25, 0.3) is 0 Å². The predicted molar refractivity (Wildman–Crippen MR) is 206 cm³/mol. The van der Waals surface area contributed by atoms with Gasteiger partial charge in [-0.2, -0.15) is 4.72 Å². The monoisotopic (exact) mass is 687 g/mol. The van der Waals surface area contributed by atoms with Crippen LogP contribution >= 0.6 is 0 Å². The molecule has 0 saturated carbocycles. The molecular formula is C39H75ClN2O3S. The van der Waals surface area contributed by atoms with E-state index >= 15 is 0 Å². The minimum atomic E-state index is -3.56. The summed E-state index contributed by atoms with van der Waals surface area (Å²) in [6.07, 6.45) is 2.25. The Bertz CT molecular complexity index is 1160. The Balaban J connectivity index is -0.000000113. The number of hydrogen-bond donors (Lipinski definition) is 1. The molecule has 2 atom stereocenters. The fourth-order valence-electron chi connectivity index (χ4n) is 3.14. The summed E-state index contributed by atoms with van der Waals surface area (Å²) in [7, 11) is 2.98. The molecule has 1 N–H and O–H groups in total. The molecule has 46 heavy (non-hydrogen) atoms. The molecule has 0 amide bonds. The number of hydrogen-bond acceptors (Lipinski definition) is 3. The van der Waals surface area contributed by atoms with Gasteiger partial charge in [-0.05, 0) is 73.9 Å². The minimum Gasteiger partial charge on any atom is -1.00 e. The first kappa shape index (κ1) is 59.1. The van der Waals surface area contributed by atoms with Crippen LogP contribution in [-0.2, 0) is 10.0 Å². The van der Waals surface area contributed by atoms with Gasteiger partial charge in [0.15, 0.2) is 6.73 Å². The third-order valence-electron chi connectivity index (χ3n) is 6.81. The summed E-state index contributed by atoms with van der Waals surface area (Å²) in [4.78, 5) is 0.247. The van der Waals surface area contributed by atoms with Crippen LogP contribution in [0.15, 0.2) is 83.8 Å². The molecular weight excluding hydrogens is 612 g/mol. The lowest BCUT2D eigenvalue weighted by molar-refractivity contribution is -0.868. The Morgan fingerprint density at radius 2 is 1.07 bits per heavy atom. The molecule has 0 aromatic heterocycles. The summed E-state index contributed by atoms with van der Waals surface area (Å²) in [5, 5.41) is 0. The van der Waals surface area contributed by atoms with Crippen LogP contribution in [0.4, 0.5) is 0 Å². The van der Waals surface area contributed by atoms with E-state index in [1.807, 2.05) is 43.3 Å². The third kappa shape index (κ3) is 23.9. The SMILES string of the molecule is C.C.C.C.C.C.CCC(C)c1ccc(S(=O)(=O)NCOc2ccc(C)cc2)cc1.CCC(C)c1ccccc1.CC[N+](C)(C)C.[Cl-]. The molecule has 0 fully saturated rings. The number of ether oxygens (including phenoxy) is 1. The molecule has 0 spiro atoms. The zero-order valence-corrected chi connectivity index (χ0v) is 27.5. The lowest BCUT2D eigenvalue weighted by Crippen LogP contribution is -3.00. The highest BCUT2D eigenvalue weighted by atomic mass is 35.5. The van der Waals surface area contributed by atoms with Crippen LogP contribution in [0.25, 0.3) is 0 Å². The van der Waals surface area contributed by atoms with Crippen molar-refractivity contribution in [3.05, 3.63) is 95.6 Å². The van der Waals surface area contributed by atoms with Crippen LogP contribution in [0.2, 0.25) is 0 Å². The van der Waals surface area contributed by atoms with Gasteiger partial charge in [0.05, 0.1) is 32.6 Å². The highest BCUT2D eigenvalue weighted by Crippen LogP contribution is 2.20. The van der Waals surface area contributed by atoms with Crippen molar-refractivity contribution in [1.82, 2.24) is 4.72 Å². The Hall–Kier alpha value is -2.38. The Labute approximate surface area is 295 Å². The zero-order valence-electron chi connectivity index (χ0n) is 25.9. The normalized spacial score (nSPS) is 10.8. The average Bonchev–Trinajstić information content (AvgIpc) is 2.94. The fourth-order valence-corrected chi connectivity index (χ4v) is 4.01. The van der Waals surface area contributed by atoms with Gasteiger partial charge in [-0.1, -0.05) is 132 Å². The molecule has 5 nitrogen and oxygen atoms in total. The van der Waals surface area contributed by atoms with E-state index in [2.05, 4.69) is 90.8 Å². The summed E-state index contributed by atoms with van der Waals surface area (Å²) in [5.41, 5.74) is 3.71. The lowest BCUT2D eigenvalue weighted by atomic mass is 9.99. The van der Waals surface area contributed by atoms with Gasteiger partial charge in [0.1, 0.15) is 5.75 Å². The van der Waals surface area contributed by atoms with Gasteiger partial charge in [0, 0.05) is 0 Å². The summed E-state index contributed by atoms with van der Waals surface area (Å²) in [6, 6.07) is 25.1. The van der Waals surface area contributed by atoms with Gasteiger partial charge < -0.3 is 21.6 Å². The van der Waals surface area contributed by atoms with Gasteiger partial charge in [-0.25, -0.2) is 8.42 Å². The van der Waals surface area contributed by atoms with E-state index in [1.165, 1.54) is 18.5 Å². The quantitative estimate of drug-likeness (QED) is 0.172. The molecule has 3 aromatic rings. The zero-order chi connectivity index (χ0) is 29.5. The second kappa shape index (κ2) is 30.0. The van der Waals surface area contributed by atoms with E-state index in [-0.39, 0.29) is 68.6 Å². The summed E-state index contributed by atoms with van der Waals surface area (Å²) in [6.45, 7) is 14.0. The van der Waals surface area contributed by atoms with Crippen LogP contribution in [0.3, 0.4) is 0 Å². The fraction of sp³-hybridized carbons (Fsp3) is 0.538.